The summed E-state index contributed by atoms with van der Waals surface area (Å²) in [6.07, 6.45) is 9.04. The lowest BCUT2D eigenvalue weighted by molar-refractivity contribution is -0.0297. The van der Waals surface area contributed by atoms with E-state index in [4.69, 9.17) is 0 Å². The summed E-state index contributed by atoms with van der Waals surface area (Å²) in [4.78, 5) is 21.4. The number of aromatic amines is 1. The van der Waals surface area contributed by atoms with Crippen LogP contribution in [0, 0.1) is 35.0 Å². The van der Waals surface area contributed by atoms with Crippen LogP contribution in [0.25, 0.3) is 10.9 Å². The van der Waals surface area contributed by atoms with Crippen molar-refractivity contribution in [2.45, 2.75) is 64.0 Å². The molecule has 1 aromatic heterocycles. The van der Waals surface area contributed by atoms with Gasteiger partial charge in [-0.05, 0) is 104 Å². The molecular weight excluding hydrogens is 494 g/mol. The number of nitriles is 1. The molecule has 2 spiro atoms. The number of carbonyl (C=O) groups is 1. The third-order valence-electron chi connectivity index (χ3n) is 11.0. The molecule has 2 aromatic carbocycles. The first-order valence-electron chi connectivity index (χ1n) is 15.3. The smallest absolute Gasteiger partial charge is 0.253 e. The Labute approximate surface area is 236 Å². The average molecular weight is 534 g/mol. The molecule has 40 heavy (non-hydrogen) atoms. The zero-order valence-corrected chi connectivity index (χ0v) is 23.5. The lowest BCUT2D eigenvalue weighted by Crippen LogP contribution is -2.71. The Kier molecular flexibility index (Phi) is 5.50. The van der Waals surface area contributed by atoms with Gasteiger partial charge in [-0.3, -0.25) is 9.69 Å². The number of likely N-dealkylation sites (tertiary alicyclic amines) is 2. The molecule has 3 saturated heterocycles. The molecular formula is C34H39N5O. The lowest BCUT2D eigenvalue weighted by Gasteiger charge is -2.56. The third-order valence-corrected chi connectivity index (χ3v) is 11.0. The highest BCUT2D eigenvalue weighted by Crippen LogP contribution is 2.57. The maximum Gasteiger partial charge on any atom is 0.253 e. The van der Waals surface area contributed by atoms with Crippen LogP contribution in [0.15, 0.2) is 42.6 Å². The van der Waals surface area contributed by atoms with E-state index in [2.05, 4.69) is 70.8 Å². The molecule has 4 heterocycles. The molecule has 2 N–H and O–H groups in total. The Bertz CT molecular complexity index is 1510. The average Bonchev–Trinajstić information content (AvgIpc) is 3.62. The van der Waals surface area contributed by atoms with Gasteiger partial charge in [0.2, 0.25) is 0 Å². The summed E-state index contributed by atoms with van der Waals surface area (Å²) in [7, 11) is 0. The highest BCUT2D eigenvalue weighted by Gasteiger charge is 2.50. The minimum Gasteiger partial charge on any atom is -0.361 e. The SMILES string of the molecule is Cc1cc(C2CC2)c(CN2CCC3(CC(C#N)C3)CC2c2ccc(C(=O)N3CC4(CNC4)C3)cc2)c2cc[nH]c12. The van der Waals surface area contributed by atoms with Crippen LogP contribution in [0.2, 0.25) is 0 Å². The van der Waals surface area contributed by atoms with Crippen molar-refractivity contribution in [3.8, 4) is 6.07 Å². The Balaban J connectivity index is 1.08. The Morgan fingerprint density at radius 1 is 1.07 bits per heavy atom. The molecule has 3 aromatic rings. The van der Waals surface area contributed by atoms with Gasteiger partial charge in [0.05, 0.1) is 6.07 Å². The molecule has 8 rings (SSSR count). The van der Waals surface area contributed by atoms with E-state index in [1.165, 1.54) is 46.9 Å². The summed E-state index contributed by atoms with van der Waals surface area (Å²) in [6.45, 7) is 8.08. The zero-order chi connectivity index (χ0) is 27.1. The number of carbonyl (C=O) groups excluding carboxylic acids is 1. The van der Waals surface area contributed by atoms with Crippen molar-refractivity contribution >= 4 is 16.8 Å². The van der Waals surface area contributed by atoms with Gasteiger partial charge < -0.3 is 15.2 Å². The molecule has 2 aliphatic carbocycles. The Hall–Kier alpha value is -3.14. The van der Waals surface area contributed by atoms with Crippen LogP contribution in [0.3, 0.4) is 0 Å². The Morgan fingerprint density at radius 3 is 2.52 bits per heavy atom. The summed E-state index contributed by atoms with van der Waals surface area (Å²) in [6, 6.07) is 16.1. The second kappa shape index (κ2) is 8.93. The van der Waals surface area contributed by atoms with Gasteiger partial charge in [0, 0.05) is 72.8 Å². The number of H-pyrrole nitrogens is 1. The van der Waals surface area contributed by atoms with Gasteiger partial charge in [-0.25, -0.2) is 0 Å². The molecule has 1 atom stereocenters. The zero-order valence-electron chi connectivity index (χ0n) is 23.5. The molecule has 0 bridgehead atoms. The molecule has 5 aliphatic rings. The number of aryl methyl sites for hydroxylation is 1. The van der Waals surface area contributed by atoms with Gasteiger partial charge in [0.15, 0.2) is 0 Å². The molecule has 5 fully saturated rings. The summed E-state index contributed by atoms with van der Waals surface area (Å²) in [5.74, 6) is 1.09. The summed E-state index contributed by atoms with van der Waals surface area (Å²) in [5.41, 5.74) is 8.41. The van der Waals surface area contributed by atoms with E-state index in [-0.39, 0.29) is 17.2 Å². The van der Waals surface area contributed by atoms with Gasteiger partial charge >= 0.3 is 0 Å². The number of aromatic nitrogens is 1. The quantitative estimate of drug-likeness (QED) is 0.444. The minimum absolute atomic E-state index is 0.167. The molecule has 0 radical (unpaired) electrons. The molecule has 2 saturated carbocycles. The van der Waals surface area contributed by atoms with E-state index in [0.717, 1.165) is 64.1 Å². The van der Waals surface area contributed by atoms with Crippen LogP contribution in [-0.2, 0) is 6.54 Å². The van der Waals surface area contributed by atoms with Gasteiger partial charge in [-0.15, -0.1) is 0 Å². The van der Waals surface area contributed by atoms with E-state index in [1.54, 1.807) is 5.56 Å². The third kappa shape index (κ3) is 3.93. The monoisotopic (exact) mass is 533 g/mol. The Morgan fingerprint density at radius 2 is 1.85 bits per heavy atom. The summed E-state index contributed by atoms with van der Waals surface area (Å²) < 4.78 is 0. The number of benzene rings is 2. The second-order valence-electron chi connectivity index (χ2n) is 13.9. The first-order chi connectivity index (χ1) is 19.4. The van der Waals surface area contributed by atoms with Crippen LogP contribution in [0.5, 0.6) is 0 Å². The molecule has 206 valence electrons. The van der Waals surface area contributed by atoms with Crippen molar-refractivity contribution in [2.75, 3.05) is 32.7 Å². The van der Waals surface area contributed by atoms with E-state index >= 15 is 0 Å². The van der Waals surface area contributed by atoms with E-state index in [0.29, 0.717) is 17.4 Å². The maximum absolute atomic E-state index is 13.2. The van der Waals surface area contributed by atoms with Crippen LogP contribution >= 0.6 is 0 Å². The standard InChI is InChI=1S/C34H39N5O/c1-22-12-28(24-2-3-24)29(27-8-10-37-31(22)27)17-38-11-9-33(13-23(14-33)16-35)15-30(38)25-4-6-26(7-5-25)32(40)39-20-34(21-39)18-36-19-34/h4-8,10,12,23-24,30,36-37H,2-3,9,11,13-15,17-21H2,1H3. The van der Waals surface area contributed by atoms with E-state index < -0.39 is 0 Å². The number of hydrogen-bond acceptors (Lipinski definition) is 4. The number of rotatable bonds is 5. The number of piperidine rings is 1. The highest BCUT2D eigenvalue weighted by atomic mass is 16.2. The van der Waals surface area contributed by atoms with Crippen molar-refractivity contribution in [1.29, 1.82) is 5.26 Å². The molecule has 1 amide bonds. The predicted octanol–water partition coefficient (Wildman–Crippen LogP) is 5.66. The predicted molar refractivity (Wildman–Crippen MR) is 156 cm³/mol. The lowest BCUT2D eigenvalue weighted by atomic mass is 9.56. The second-order valence-corrected chi connectivity index (χ2v) is 13.9. The fourth-order valence-electron chi connectivity index (χ4n) is 8.42. The molecule has 6 nitrogen and oxygen atoms in total. The summed E-state index contributed by atoms with van der Waals surface area (Å²) in [5, 5.41) is 14.3. The highest BCUT2D eigenvalue weighted by molar-refractivity contribution is 5.95. The van der Waals surface area contributed by atoms with Crippen molar-refractivity contribution in [1.82, 2.24) is 20.1 Å². The number of fused-ring (bicyclic) bond motifs is 1. The fraction of sp³-hybridized carbons (Fsp3) is 0.529. The minimum atomic E-state index is 0.167. The maximum atomic E-state index is 13.2. The molecule has 6 heteroatoms. The van der Waals surface area contributed by atoms with Crippen molar-refractivity contribution in [3.05, 3.63) is 70.4 Å². The van der Waals surface area contributed by atoms with Crippen LogP contribution < -0.4 is 5.32 Å². The number of amides is 1. The van der Waals surface area contributed by atoms with Gasteiger partial charge in [-0.2, -0.15) is 5.26 Å². The first kappa shape index (κ1) is 24.6. The number of hydrogen-bond donors (Lipinski definition) is 2. The molecule has 1 unspecified atom stereocenters. The van der Waals surface area contributed by atoms with Gasteiger partial charge in [0.1, 0.15) is 0 Å². The summed E-state index contributed by atoms with van der Waals surface area (Å²) >= 11 is 0. The van der Waals surface area contributed by atoms with Crippen LogP contribution in [0.4, 0.5) is 0 Å². The number of nitrogens with zero attached hydrogens (tertiary/aromatic N) is 3. The van der Waals surface area contributed by atoms with E-state index in [1.807, 2.05) is 4.90 Å². The fourth-order valence-corrected chi connectivity index (χ4v) is 8.42. The van der Waals surface area contributed by atoms with Gasteiger partial charge in [0.25, 0.3) is 5.91 Å². The first-order valence-corrected chi connectivity index (χ1v) is 15.3. The van der Waals surface area contributed by atoms with Crippen LogP contribution in [0.1, 0.15) is 83.1 Å². The van der Waals surface area contributed by atoms with Crippen molar-refractivity contribution in [3.63, 3.8) is 0 Å². The number of nitrogens with one attached hydrogen (secondary N) is 2. The van der Waals surface area contributed by atoms with E-state index in [9.17, 15) is 10.1 Å². The normalized spacial score (nSPS) is 29.1. The topological polar surface area (TPSA) is 75.2 Å². The van der Waals surface area contributed by atoms with Gasteiger partial charge in [-0.1, -0.05) is 18.2 Å². The molecule has 3 aliphatic heterocycles. The van der Waals surface area contributed by atoms with Crippen LogP contribution in [-0.4, -0.2) is 53.4 Å². The van der Waals surface area contributed by atoms with Crippen molar-refractivity contribution in [2.24, 2.45) is 16.7 Å². The largest absolute Gasteiger partial charge is 0.361 e. The van der Waals surface area contributed by atoms with Crippen molar-refractivity contribution < 1.29 is 4.79 Å².